The lowest BCUT2D eigenvalue weighted by molar-refractivity contribution is 0.314. The molecule has 0 aromatic heterocycles. The Morgan fingerprint density at radius 3 is 3.07 bits per heavy atom. The van der Waals surface area contributed by atoms with E-state index in [1.165, 1.54) is 5.56 Å². The summed E-state index contributed by atoms with van der Waals surface area (Å²) in [7, 11) is 0. The minimum Gasteiger partial charge on any atom is -0.492 e. The number of fused-ring (bicyclic) bond motifs is 1. The number of hydrogen-bond acceptors (Lipinski definition) is 2. The lowest BCUT2D eigenvalue weighted by atomic mass is 9.89. The molecule has 2 rings (SSSR count). The van der Waals surface area contributed by atoms with Crippen LogP contribution < -0.4 is 10.5 Å². The van der Waals surface area contributed by atoms with Gasteiger partial charge in [0, 0.05) is 12.0 Å². The van der Waals surface area contributed by atoms with E-state index in [-0.39, 0.29) is 6.04 Å². The fraction of sp³-hybridized carbons (Fsp3) is 0.500. The Kier molecular flexibility index (Phi) is 3.32. The third-order valence-corrected chi connectivity index (χ3v) is 3.56. The van der Waals surface area contributed by atoms with Crippen LogP contribution in [-0.4, -0.2) is 12.6 Å². The van der Waals surface area contributed by atoms with Crippen LogP contribution in [0, 0.1) is 0 Å². The highest BCUT2D eigenvalue weighted by Crippen LogP contribution is 2.39. The minimum absolute atomic E-state index is 0.180. The quantitative estimate of drug-likeness (QED) is 0.851. The molecule has 1 aliphatic heterocycles. The van der Waals surface area contributed by atoms with Gasteiger partial charge in [0.25, 0.3) is 0 Å². The number of benzene rings is 1. The molecule has 0 saturated heterocycles. The number of halogens is 1. The van der Waals surface area contributed by atoms with E-state index >= 15 is 0 Å². The highest BCUT2D eigenvalue weighted by Gasteiger charge is 2.23. The van der Waals surface area contributed by atoms with Crippen molar-refractivity contribution >= 4 is 15.9 Å². The third kappa shape index (κ3) is 2.18. The number of nitrogens with two attached hydrogens (primary N) is 1. The van der Waals surface area contributed by atoms with E-state index in [9.17, 15) is 0 Å². The maximum atomic E-state index is 6.03. The molecular formula is C12H16BrNO. The summed E-state index contributed by atoms with van der Waals surface area (Å²) >= 11 is 3.53. The number of rotatable bonds is 1. The van der Waals surface area contributed by atoms with E-state index < -0.39 is 0 Å². The molecule has 1 aromatic rings. The van der Waals surface area contributed by atoms with Crippen molar-refractivity contribution in [2.45, 2.75) is 31.7 Å². The first-order valence-corrected chi connectivity index (χ1v) is 6.16. The molecule has 0 saturated carbocycles. The van der Waals surface area contributed by atoms with Crippen LogP contribution in [0.1, 0.15) is 31.2 Å². The fourth-order valence-electron chi connectivity index (χ4n) is 2.15. The van der Waals surface area contributed by atoms with Crippen molar-refractivity contribution in [1.82, 2.24) is 0 Å². The third-order valence-electron chi connectivity index (χ3n) is 2.94. The topological polar surface area (TPSA) is 35.2 Å². The van der Waals surface area contributed by atoms with E-state index in [1.807, 2.05) is 12.1 Å². The SMILES string of the molecule is CC(N)C1CCCOc2c(Br)cccc21. The van der Waals surface area contributed by atoms with Gasteiger partial charge in [-0.05, 0) is 47.3 Å². The molecule has 82 valence electrons. The molecule has 0 spiro atoms. The summed E-state index contributed by atoms with van der Waals surface area (Å²) < 4.78 is 6.79. The first-order chi connectivity index (χ1) is 7.20. The van der Waals surface area contributed by atoms with Crippen LogP contribution in [0.4, 0.5) is 0 Å². The van der Waals surface area contributed by atoms with Crippen molar-refractivity contribution in [2.24, 2.45) is 5.73 Å². The van der Waals surface area contributed by atoms with Gasteiger partial charge < -0.3 is 10.5 Å². The molecule has 0 amide bonds. The van der Waals surface area contributed by atoms with Gasteiger partial charge in [-0.3, -0.25) is 0 Å². The molecule has 2 N–H and O–H groups in total. The average molecular weight is 270 g/mol. The Hall–Kier alpha value is -0.540. The summed E-state index contributed by atoms with van der Waals surface area (Å²) in [4.78, 5) is 0. The van der Waals surface area contributed by atoms with Crippen LogP contribution in [0.25, 0.3) is 0 Å². The molecule has 1 aromatic carbocycles. The maximum Gasteiger partial charge on any atom is 0.136 e. The van der Waals surface area contributed by atoms with Gasteiger partial charge in [0.2, 0.25) is 0 Å². The average Bonchev–Trinajstić information content (AvgIpc) is 2.40. The normalized spacial score (nSPS) is 22.5. The Balaban J connectivity index is 2.45. The van der Waals surface area contributed by atoms with Gasteiger partial charge in [0.15, 0.2) is 0 Å². The van der Waals surface area contributed by atoms with Crippen molar-refractivity contribution in [3.05, 3.63) is 28.2 Å². The Bertz CT molecular complexity index is 351. The molecule has 2 atom stereocenters. The second kappa shape index (κ2) is 4.54. The second-order valence-corrected chi connectivity index (χ2v) is 4.97. The lowest BCUT2D eigenvalue weighted by Crippen LogP contribution is -2.24. The summed E-state index contributed by atoms with van der Waals surface area (Å²) in [6.07, 6.45) is 2.19. The summed E-state index contributed by atoms with van der Waals surface area (Å²) in [5.41, 5.74) is 7.28. The first-order valence-electron chi connectivity index (χ1n) is 5.37. The number of hydrogen-bond donors (Lipinski definition) is 1. The second-order valence-electron chi connectivity index (χ2n) is 4.11. The molecule has 3 heteroatoms. The summed E-state index contributed by atoms with van der Waals surface area (Å²) in [6, 6.07) is 6.37. The largest absolute Gasteiger partial charge is 0.492 e. The Labute approximate surface area is 98.9 Å². The molecule has 0 bridgehead atoms. The lowest BCUT2D eigenvalue weighted by Gasteiger charge is -2.20. The smallest absolute Gasteiger partial charge is 0.136 e. The standard InChI is InChI=1S/C12H16BrNO/c1-8(14)9-5-3-7-15-12-10(9)4-2-6-11(12)13/h2,4,6,8-9H,3,5,7,14H2,1H3. The summed E-state index contributed by atoms with van der Waals surface area (Å²) in [5.74, 6) is 1.40. The first kappa shape index (κ1) is 11.0. The molecular weight excluding hydrogens is 254 g/mol. The zero-order chi connectivity index (χ0) is 10.8. The van der Waals surface area contributed by atoms with Crippen molar-refractivity contribution in [2.75, 3.05) is 6.61 Å². The summed E-state index contributed by atoms with van der Waals surface area (Å²) in [6.45, 7) is 2.86. The predicted octanol–water partition coefficient (Wildman–Crippen LogP) is 3.05. The molecule has 15 heavy (non-hydrogen) atoms. The van der Waals surface area contributed by atoms with Crippen LogP contribution in [0.3, 0.4) is 0 Å². The van der Waals surface area contributed by atoms with E-state index in [2.05, 4.69) is 28.9 Å². The zero-order valence-electron chi connectivity index (χ0n) is 8.87. The maximum absolute atomic E-state index is 6.03. The number of para-hydroxylation sites is 1. The van der Waals surface area contributed by atoms with Gasteiger partial charge in [0.1, 0.15) is 5.75 Å². The van der Waals surface area contributed by atoms with E-state index in [1.54, 1.807) is 0 Å². The monoisotopic (exact) mass is 269 g/mol. The van der Waals surface area contributed by atoms with Crippen LogP contribution in [0.5, 0.6) is 5.75 Å². The molecule has 1 aliphatic rings. The molecule has 0 radical (unpaired) electrons. The van der Waals surface area contributed by atoms with E-state index in [4.69, 9.17) is 10.5 Å². The molecule has 0 fully saturated rings. The van der Waals surface area contributed by atoms with Gasteiger partial charge in [0.05, 0.1) is 11.1 Å². The van der Waals surface area contributed by atoms with Gasteiger partial charge in [-0.15, -0.1) is 0 Å². The van der Waals surface area contributed by atoms with Gasteiger partial charge in [-0.25, -0.2) is 0 Å². The van der Waals surface area contributed by atoms with Gasteiger partial charge in [-0.2, -0.15) is 0 Å². The highest BCUT2D eigenvalue weighted by molar-refractivity contribution is 9.10. The molecule has 2 unspecified atom stereocenters. The van der Waals surface area contributed by atoms with Crippen molar-refractivity contribution in [3.8, 4) is 5.75 Å². The van der Waals surface area contributed by atoms with Crippen LogP contribution in [0.15, 0.2) is 22.7 Å². The molecule has 1 heterocycles. The molecule has 2 nitrogen and oxygen atoms in total. The van der Waals surface area contributed by atoms with E-state index in [0.29, 0.717) is 5.92 Å². The highest BCUT2D eigenvalue weighted by atomic mass is 79.9. The van der Waals surface area contributed by atoms with Crippen LogP contribution in [0.2, 0.25) is 0 Å². The van der Waals surface area contributed by atoms with E-state index in [0.717, 1.165) is 29.7 Å². The van der Waals surface area contributed by atoms with Crippen molar-refractivity contribution < 1.29 is 4.74 Å². The van der Waals surface area contributed by atoms with Crippen molar-refractivity contribution in [1.29, 1.82) is 0 Å². The fourth-order valence-corrected chi connectivity index (χ4v) is 2.64. The Morgan fingerprint density at radius 1 is 1.53 bits per heavy atom. The van der Waals surface area contributed by atoms with Crippen LogP contribution in [-0.2, 0) is 0 Å². The van der Waals surface area contributed by atoms with Gasteiger partial charge in [-0.1, -0.05) is 12.1 Å². The number of ether oxygens (including phenoxy) is 1. The Morgan fingerprint density at radius 2 is 2.33 bits per heavy atom. The predicted molar refractivity (Wildman–Crippen MR) is 65.3 cm³/mol. The zero-order valence-corrected chi connectivity index (χ0v) is 10.5. The minimum atomic E-state index is 0.180. The van der Waals surface area contributed by atoms with Gasteiger partial charge >= 0.3 is 0 Å². The van der Waals surface area contributed by atoms with Crippen molar-refractivity contribution in [3.63, 3.8) is 0 Å². The summed E-state index contributed by atoms with van der Waals surface area (Å²) in [5, 5.41) is 0. The molecule has 0 aliphatic carbocycles. The van der Waals surface area contributed by atoms with Crippen LogP contribution >= 0.6 is 15.9 Å².